The molecule has 1 heterocycles. The van der Waals surface area contributed by atoms with Crippen LogP contribution in [-0.2, 0) is 14.8 Å². The second kappa shape index (κ2) is 11.0. The topological polar surface area (TPSA) is 142 Å². The van der Waals surface area contributed by atoms with E-state index in [0.29, 0.717) is 32.7 Å². The van der Waals surface area contributed by atoms with Gasteiger partial charge in [-0.1, -0.05) is 41.2 Å². The quantitative estimate of drug-likeness (QED) is 0.253. The number of hydrazine groups is 1. The summed E-state index contributed by atoms with van der Waals surface area (Å²) in [6.45, 7) is 4.96. The summed E-state index contributed by atoms with van der Waals surface area (Å²) in [7, 11) is -2.48. The maximum Gasteiger partial charge on any atom is 0.276 e. The van der Waals surface area contributed by atoms with Gasteiger partial charge >= 0.3 is 0 Å². The molecule has 4 N–H and O–H groups in total. The number of phenolic OH excluding ortho intramolecular Hbond substituents is 1. The molecule has 10 nitrogen and oxygen atoms in total. The molecular formula is C23H25N5O5S2. The molecule has 0 atom stereocenters. The minimum atomic E-state index is -3.92. The number of ether oxygens (including phenoxy) is 1. The number of carbonyl (C=O) groups excluding carboxylic acids is 1. The van der Waals surface area contributed by atoms with Gasteiger partial charge in [0.05, 0.1) is 22.6 Å². The van der Waals surface area contributed by atoms with Gasteiger partial charge in [0.2, 0.25) is 11.0 Å². The van der Waals surface area contributed by atoms with E-state index in [4.69, 9.17) is 4.74 Å². The number of benzene rings is 2. The maximum atomic E-state index is 12.8. The minimum absolute atomic E-state index is 0.00335. The van der Waals surface area contributed by atoms with E-state index < -0.39 is 10.0 Å². The number of anilines is 1. The number of hydrazone groups is 1. The molecule has 0 unspecified atom stereocenters. The summed E-state index contributed by atoms with van der Waals surface area (Å²) in [5, 5.41) is 14.4. The van der Waals surface area contributed by atoms with E-state index in [2.05, 4.69) is 25.8 Å². The number of methoxy groups -OCH3 is 1. The van der Waals surface area contributed by atoms with Crippen LogP contribution in [0.1, 0.15) is 28.6 Å². The van der Waals surface area contributed by atoms with Crippen molar-refractivity contribution in [1.82, 2.24) is 15.2 Å². The number of hydrogen-bond donors (Lipinski definition) is 4. The number of sulfonamides is 1. The van der Waals surface area contributed by atoms with Crippen molar-refractivity contribution in [3.63, 3.8) is 0 Å². The molecule has 0 aliphatic carbocycles. The molecule has 3 aromatic rings. The Balaban J connectivity index is 1.98. The lowest BCUT2D eigenvalue weighted by Crippen LogP contribution is -2.26. The van der Waals surface area contributed by atoms with Crippen molar-refractivity contribution in [1.29, 1.82) is 0 Å². The SMILES string of the molecule is COc1cc(/C=C\C(=N\NS(=O)(=O)c2ccc(C)cc2)c2sc(NNC(C)=O)nc2C)ccc1O. The molecule has 1 amide bonds. The predicted octanol–water partition coefficient (Wildman–Crippen LogP) is 3.33. The van der Waals surface area contributed by atoms with Crippen molar-refractivity contribution in [2.45, 2.75) is 25.7 Å². The van der Waals surface area contributed by atoms with E-state index in [0.717, 1.165) is 5.56 Å². The van der Waals surface area contributed by atoms with Crippen LogP contribution in [0.4, 0.5) is 5.13 Å². The van der Waals surface area contributed by atoms with E-state index in [1.165, 1.54) is 43.6 Å². The smallest absolute Gasteiger partial charge is 0.276 e. The number of hydrogen-bond acceptors (Lipinski definition) is 9. The molecule has 0 bridgehead atoms. The third kappa shape index (κ3) is 6.80. The van der Waals surface area contributed by atoms with E-state index >= 15 is 0 Å². The lowest BCUT2D eigenvalue weighted by atomic mass is 10.1. The highest BCUT2D eigenvalue weighted by Crippen LogP contribution is 2.28. The first-order valence-corrected chi connectivity index (χ1v) is 12.6. The number of thiazole rings is 1. The molecule has 35 heavy (non-hydrogen) atoms. The van der Waals surface area contributed by atoms with E-state index in [9.17, 15) is 18.3 Å². The third-order valence-corrected chi connectivity index (χ3v) is 6.95. The van der Waals surface area contributed by atoms with Crippen molar-refractivity contribution >= 4 is 44.2 Å². The van der Waals surface area contributed by atoms with Crippen LogP contribution < -0.4 is 20.4 Å². The van der Waals surface area contributed by atoms with Crippen LogP contribution in [0.15, 0.2) is 58.5 Å². The van der Waals surface area contributed by atoms with Crippen molar-refractivity contribution in [2.24, 2.45) is 5.10 Å². The highest BCUT2D eigenvalue weighted by Gasteiger charge is 2.16. The molecule has 0 saturated carbocycles. The van der Waals surface area contributed by atoms with Crippen LogP contribution in [0.5, 0.6) is 11.5 Å². The normalized spacial score (nSPS) is 11.9. The fourth-order valence-electron chi connectivity index (χ4n) is 2.85. The lowest BCUT2D eigenvalue weighted by Gasteiger charge is -2.06. The van der Waals surface area contributed by atoms with Crippen molar-refractivity contribution in [3.8, 4) is 11.5 Å². The predicted molar refractivity (Wildman–Crippen MR) is 136 cm³/mol. The van der Waals surface area contributed by atoms with E-state index in [1.54, 1.807) is 43.3 Å². The highest BCUT2D eigenvalue weighted by molar-refractivity contribution is 7.89. The van der Waals surface area contributed by atoms with Crippen molar-refractivity contribution < 1.29 is 23.1 Å². The van der Waals surface area contributed by atoms with Gasteiger partial charge in [0, 0.05) is 6.92 Å². The number of aryl methyl sites for hydroxylation is 2. The molecule has 3 rings (SSSR count). The second-order valence-corrected chi connectivity index (χ2v) is 10.1. The van der Waals surface area contributed by atoms with Crippen LogP contribution in [-0.4, -0.2) is 37.2 Å². The summed E-state index contributed by atoms with van der Waals surface area (Å²) in [6, 6.07) is 11.2. The Morgan fingerprint density at radius 2 is 1.89 bits per heavy atom. The second-order valence-electron chi connectivity index (χ2n) is 7.41. The Morgan fingerprint density at radius 1 is 1.17 bits per heavy atom. The Labute approximate surface area is 207 Å². The molecule has 184 valence electrons. The fourth-order valence-corrected chi connectivity index (χ4v) is 4.55. The average Bonchev–Trinajstić information content (AvgIpc) is 3.19. The number of nitrogens with one attached hydrogen (secondary N) is 3. The van der Waals surface area contributed by atoms with Gasteiger partial charge in [-0.2, -0.15) is 18.4 Å². The van der Waals surface area contributed by atoms with Gasteiger partial charge in [0.25, 0.3) is 10.0 Å². The Bertz CT molecular complexity index is 1380. The van der Waals surface area contributed by atoms with Gasteiger partial charge in [0.15, 0.2) is 11.5 Å². The molecule has 0 aliphatic rings. The molecule has 0 spiro atoms. The summed E-state index contributed by atoms with van der Waals surface area (Å²) in [5.41, 5.74) is 7.64. The van der Waals surface area contributed by atoms with E-state index in [1.807, 2.05) is 6.92 Å². The number of phenols is 1. The van der Waals surface area contributed by atoms with Crippen molar-refractivity contribution in [2.75, 3.05) is 12.5 Å². The Morgan fingerprint density at radius 3 is 2.54 bits per heavy atom. The summed E-state index contributed by atoms with van der Waals surface area (Å²) in [4.78, 5) is 18.5. The van der Waals surface area contributed by atoms with Crippen LogP contribution >= 0.6 is 11.3 Å². The Kier molecular flexibility index (Phi) is 8.10. The first-order chi connectivity index (χ1) is 16.6. The number of allylic oxidation sites excluding steroid dienone is 1. The zero-order valence-corrected chi connectivity index (χ0v) is 21.1. The molecule has 0 saturated heterocycles. The molecular weight excluding hydrogens is 490 g/mol. The monoisotopic (exact) mass is 515 g/mol. The van der Waals surface area contributed by atoms with Gasteiger partial charge in [0.1, 0.15) is 5.71 Å². The van der Waals surface area contributed by atoms with Gasteiger partial charge in [-0.15, -0.1) is 0 Å². The summed E-state index contributed by atoms with van der Waals surface area (Å²) in [5.74, 6) is -0.00168. The average molecular weight is 516 g/mol. The van der Waals surface area contributed by atoms with Crippen LogP contribution in [0.3, 0.4) is 0 Å². The highest BCUT2D eigenvalue weighted by atomic mass is 32.2. The zero-order valence-electron chi connectivity index (χ0n) is 19.5. The zero-order chi connectivity index (χ0) is 25.6. The number of aromatic nitrogens is 1. The number of carbonyl (C=O) groups is 1. The van der Waals surface area contributed by atoms with Gasteiger partial charge in [-0.25, -0.2) is 4.98 Å². The van der Waals surface area contributed by atoms with Gasteiger partial charge < -0.3 is 9.84 Å². The number of amides is 1. The van der Waals surface area contributed by atoms with Crippen LogP contribution in [0.25, 0.3) is 6.08 Å². The van der Waals surface area contributed by atoms with Crippen molar-refractivity contribution in [3.05, 3.63) is 70.2 Å². The summed E-state index contributed by atoms with van der Waals surface area (Å²) in [6.07, 6.45) is 3.31. The summed E-state index contributed by atoms with van der Waals surface area (Å²) < 4.78 is 30.7. The minimum Gasteiger partial charge on any atom is -0.504 e. The molecule has 0 fully saturated rings. The molecule has 12 heteroatoms. The van der Waals surface area contributed by atoms with Gasteiger partial charge in [-0.3, -0.25) is 15.6 Å². The van der Waals surface area contributed by atoms with E-state index in [-0.39, 0.29) is 16.6 Å². The first-order valence-electron chi connectivity index (χ1n) is 10.3. The third-order valence-electron chi connectivity index (χ3n) is 4.63. The summed E-state index contributed by atoms with van der Waals surface area (Å²) >= 11 is 1.18. The molecule has 0 radical (unpaired) electrons. The Hall–Kier alpha value is -3.90. The largest absolute Gasteiger partial charge is 0.504 e. The molecule has 0 aliphatic heterocycles. The fraction of sp³-hybridized carbons (Fsp3) is 0.174. The lowest BCUT2D eigenvalue weighted by molar-refractivity contribution is -0.118. The molecule has 2 aromatic carbocycles. The first kappa shape index (κ1) is 25.7. The number of aromatic hydroxyl groups is 1. The number of rotatable bonds is 9. The van der Waals surface area contributed by atoms with Crippen LogP contribution in [0, 0.1) is 13.8 Å². The van der Waals surface area contributed by atoms with Crippen LogP contribution in [0.2, 0.25) is 0 Å². The van der Waals surface area contributed by atoms with Gasteiger partial charge in [-0.05, 0) is 49.8 Å². The number of nitrogens with zero attached hydrogens (tertiary/aromatic N) is 2. The standard InChI is InChI=1S/C23H25N5O5S2/c1-14-5-9-18(10-6-14)35(31,32)28-26-19(11-7-17-8-12-20(30)21(13-17)33-4)22-15(2)24-23(34-22)27-25-16(3)29/h5-13,28,30H,1-4H3,(H,24,27)(H,25,29)/b11-7-,26-19-. The molecule has 1 aromatic heterocycles. The maximum absolute atomic E-state index is 12.8.